The summed E-state index contributed by atoms with van der Waals surface area (Å²) in [4.78, 5) is 38.4. The Hall–Kier alpha value is -1.83. The Bertz CT molecular complexity index is 571. The van der Waals surface area contributed by atoms with E-state index in [-0.39, 0.29) is 23.7 Å². The van der Waals surface area contributed by atoms with Crippen LogP contribution in [-0.4, -0.2) is 34.9 Å². The first-order valence-electron chi connectivity index (χ1n) is 5.71. The van der Waals surface area contributed by atoms with Gasteiger partial charge in [0.2, 0.25) is 5.91 Å². The number of amides is 3. The molecule has 1 unspecified atom stereocenters. The van der Waals surface area contributed by atoms with Gasteiger partial charge in [-0.25, -0.2) is 4.79 Å². The lowest BCUT2D eigenvalue weighted by Gasteiger charge is -2.16. The summed E-state index contributed by atoms with van der Waals surface area (Å²) in [5.41, 5.74) is 4.97. The second-order valence-electron chi connectivity index (χ2n) is 4.32. The number of aromatic nitrogens is 1. The smallest absolute Gasteiger partial charge is 0.322 e. The molecule has 2 heterocycles. The minimum Gasteiger partial charge on any atom is -0.369 e. The summed E-state index contributed by atoms with van der Waals surface area (Å²) < 4.78 is 0.652. The van der Waals surface area contributed by atoms with Gasteiger partial charge in [0.25, 0.3) is 5.56 Å². The van der Waals surface area contributed by atoms with Gasteiger partial charge in [0.1, 0.15) is 5.69 Å². The molecule has 1 aromatic heterocycles. The van der Waals surface area contributed by atoms with Crippen molar-refractivity contribution in [3.63, 3.8) is 0 Å². The Kier molecular flexibility index (Phi) is 3.89. The Balaban J connectivity index is 2.04. The fourth-order valence-electron chi connectivity index (χ4n) is 1.92. The SMILES string of the molecule is NC(=O)C1CCN(C(=O)Nc2cc(Br)c[nH]c2=O)C1. The molecule has 0 saturated carbocycles. The van der Waals surface area contributed by atoms with Crippen LogP contribution in [0.3, 0.4) is 0 Å². The van der Waals surface area contributed by atoms with E-state index in [1.54, 1.807) is 0 Å². The molecule has 1 fully saturated rings. The average Bonchev–Trinajstić information content (AvgIpc) is 2.83. The van der Waals surface area contributed by atoms with Crippen LogP contribution in [0.25, 0.3) is 0 Å². The van der Waals surface area contributed by atoms with Crippen molar-refractivity contribution < 1.29 is 9.59 Å². The van der Waals surface area contributed by atoms with E-state index in [4.69, 9.17) is 5.73 Å². The topological polar surface area (TPSA) is 108 Å². The van der Waals surface area contributed by atoms with Crippen LogP contribution < -0.4 is 16.6 Å². The summed E-state index contributed by atoms with van der Waals surface area (Å²) in [5, 5.41) is 2.51. The number of H-pyrrole nitrogens is 1. The molecule has 0 radical (unpaired) electrons. The number of anilines is 1. The van der Waals surface area contributed by atoms with Crippen LogP contribution in [0.15, 0.2) is 21.5 Å². The van der Waals surface area contributed by atoms with E-state index in [9.17, 15) is 14.4 Å². The number of likely N-dealkylation sites (tertiary alicyclic amines) is 1. The van der Waals surface area contributed by atoms with Crippen molar-refractivity contribution in [2.45, 2.75) is 6.42 Å². The number of pyridine rings is 1. The highest BCUT2D eigenvalue weighted by Crippen LogP contribution is 2.17. The Morgan fingerprint density at radius 2 is 2.26 bits per heavy atom. The van der Waals surface area contributed by atoms with Gasteiger partial charge in [-0.05, 0) is 28.4 Å². The highest BCUT2D eigenvalue weighted by molar-refractivity contribution is 9.10. The van der Waals surface area contributed by atoms with Crippen LogP contribution in [0.2, 0.25) is 0 Å². The number of primary amides is 1. The van der Waals surface area contributed by atoms with Gasteiger partial charge in [0, 0.05) is 23.8 Å². The Morgan fingerprint density at radius 3 is 2.89 bits per heavy atom. The number of urea groups is 1. The molecule has 0 bridgehead atoms. The summed E-state index contributed by atoms with van der Waals surface area (Å²) in [6, 6.07) is 1.10. The minimum absolute atomic E-state index is 0.155. The maximum absolute atomic E-state index is 11.9. The molecule has 19 heavy (non-hydrogen) atoms. The molecule has 0 aliphatic carbocycles. The van der Waals surface area contributed by atoms with Crippen molar-refractivity contribution in [1.82, 2.24) is 9.88 Å². The molecule has 1 aliphatic rings. The number of aromatic amines is 1. The van der Waals surface area contributed by atoms with Crippen LogP contribution in [0.1, 0.15) is 6.42 Å². The van der Waals surface area contributed by atoms with E-state index in [1.165, 1.54) is 17.2 Å². The van der Waals surface area contributed by atoms with E-state index in [2.05, 4.69) is 26.2 Å². The molecule has 102 valence electrons. The summed E-state index contributed by atoms with van der Waals surface area (Å²) in [7, 11) is 0. The molecular formula is C11H13BrN4O3. The number of halogens is 1. The van der Waals surface area contributed by atoms with E-state index in [0.717, 1.165) is 0 Å². The highest BCUT2D eigenvalue weighted by atomic mass is 79.9. The third-order valence-electron chi connectivity index (χ3n) is 2.99. The van der Waals surface area contributed by atoms with Crippen molar-refractivity contribution in [1.29, 1.82) is 0 Å². The lowest BCUT2D eigenvalue weighted by molar-refractivity contribution is -0.121. The fourth-order valence-corrected chi connectivity index (χ4v) is 2.26. The number of nitrogens with two attached hydrogens (primary N) is 1. The third kappa shape index (κ3) is 3.14. The average molecular weight is 329 g/mol. The number of rotatable bonds is 2. The maximum atomic E-state index is 11.9. The number of nitrogens with zero attached hydrogens (tertiary/aromatic N) is 1. The van der Waals surface area contributed by atoms with Gasteiger partial charge < -0.3 is 20.9 Å². The minimum atomic E-state index is -0.410. The first-order chi connectivity index (χ1) is 8.97. The predicted octanol–water partition coefficient (Wildman–Crippen LogP) is 0.476. The van der Waals surface area contributed by atoms with Crippen LogP contribution in [-0.2, 0) is 4.79 Å². The Labute approximate surface area is 117 Å². The van der Waals surface area contributed by atoms with Crippen molar-refractivity contribution in [2.75, 3.05) is 18.4 Å². The molecule has 1 saturated heterocycles. The highest BCUT2D eigenvalue weighted by Gasteiger charge is 2.29. The van der Waals surface area contributed by atoms with Crippen molar-refractivity contribution in [2.24, 2.45) is 11.7 Å². The zero-order valence-corrected chi connectivity index (χ0v) is 11.6. The number of nitrogens with one attached hydrogen (secondary N) is 2. The molecule has 7 nitrogen and oxygen atoms in total. The standard InChI is InChI=1S/C11H13BrN4O3/c12-7-3-8(10(18)14-4-7)15-11(19)16-2-1-6(5-16)9(13)17/h3-4,6H,1-2,5H2,(H2,13,17)(H,14,18)(H,15,19). The molecule has 1 atom stereocenters. The molecule has 1 aromatic rings. The van der Waals surface area contributed by atoms with E-state index in [1.807, 2.05) is 0 Å². The van der Waals surface area contributed by atoms with Crippen molar-refractivity contribution >= 4 is 33.6 Å². The third-order valence-corrected chi connectivity index (χ3v) is 3.45. The molecule has 0 spiro atoms. The lowest BCUT2D eigenvalue weighted by atomic mass is 10.1. The summed E-state index contributed by atoms with van der Waals surface area (Å²) in [6.07, 6.45) is 2.04. The van der Waals surface area contributed by atoms with Gasteiger partial charge >= 0.3 is 6.03 Å². The van der Waals surface area contributed by atoms with Crippen molar-refractivity contribution in [3.05, 3.63) is 27.1 Å². The summed E-state index contributed by atoms with van der Waals surface area (Å²) in [5.74, 6) is -0.720. The van der Waals surface area contributed by atoms with Gasteiger partial charge in [-0.15, -0.1) is 0 Å². The predicted molar refractivity (Wildman–Crippen MR) is 72.7 cm³/mol. The lowest BCUT2D eigenvalue weighted by Crippen LogP contribution is -2.36. The van der Waals surface area contributed by atoms with Gasteiger partial charge in [-0.1, -0.05) is 0 Å². The summed E-state index contributed by atoms with van der Waals surface area (Å²) in [6.45, 7) is 0.735. The molecule has 3 amide bonds. The second kappa shape index (κ2) is 5.43. The van der Waals surface area contributed by atoms with E-state index < -0.39 is 11.9 Å². The zero-order valence-electron chi connectivity index (χ0n) is 9.98. The quantitative estimate of drug-likeness (QED) is 0.734. The first kappa shape index (κ1) is 13.6. The van der Waals surface area contributed by atoms with Gasteiger partial charge in [-0.2, -0.15) is 0 Å². The van der Waals surface area contributed by atoms with Gasteiger partial charge in [0.05, 0.1) is 5.92 Å². The largest absolute Gasteiger partial charge is 0.369 e. The van der Waals surface area contributed by atoms with Gasteiger partial charge in [0.15, 0.2) is 0 Å². The zero-order chi connectivity index (χ0) is 14.0. The number of hydrogen-bond acceptors (Lipinski definition) is 3. The molecule has 8 heteroatoms. The number of carbonyl (C=O) groups excluding carboxylic acids is 2. The fraction of sp³-hybridized carbons (Fsp3) is 0.364. The van der Waals surface area contributed by atoms with Crippen LogP contribution in [0.5, 0.6) is 0 Å². The van der Waals surface area contributed by atoms with Crippen LogP contribution >= 0.6 is 15.9 Å². The first-order valence-corrected chi connectivity index (χ1v) is 6.50. The molecule has 0 aromatic carbocycles. The monoisotopic (exact) mass is 328 g/mol. The number of hydrogen-bond donors (Lipinski definition) is 3. The molecule has 4 N–H and O–H groups in total. The molecule has 1 aliphatic heterocycles. The Morgan fingerprint density at radius 1 is 1.53 bits per heavy atom. The number of carbonyl (C=O) groups is 2. The maximum Gasteiger partial charge on any atom is 0.322 e. The van der Waals surface area contributed by atoms with Gasteiger partial charge in [-0.3, -0.25) is 9.59 Å². The molecular weight excluding hydrogens is 316 g/mol. The van der Waals surface area contributed by atoms with Crippen LogP contribution in [0, 0.1) is 5.92 Å². The van der Waals surface area contributed by atoms with E-state index >= 15 is 0 Å². The van der Waals surface area contributed by atoms with E-state index in [0.29, 0.717) is 17.4 Å². The van der Waals surface area contributed by atoms with Crippen molar-refractivity contribution in [3.8, 4) is 0 Å². The normalized spacial score (nSPS) is 18.4. The second-order valence-corrected chi connectivity index (χ2v) is 5.24. The molecule has 2 rings (SSSR count). The van der Waals surface area contributed by atoms with Crippen LogP contribution in [0.4, 0.5) is 10.5 Å². The summed E-state index contributed by atoms with van der Waals surface area (Å²) >= 11 is 3.20.